The van der Waals surface area contributed by atoms with Gasteiger partial charge in [-0.05, 0) is 62.2 Å². The molecule has 1 saturated heterocycles. The maximum atomic E-state index is 13.1. The van der Waals surface area contributed by atoms with E-state index in [0.29, 0.717) is 30.6 Å². The van der Waals surface area contributed by atoms with Gasteiger partial charge in [-0.3, -0.25) is 18.8 Å². The van der Waals surface area contributed by atoms with Crippen molar-refractivity contribution >= 4 is 33.2 Å². The second-order valence-electron chi connectivity index (χ2n) is 6.48. The van der Waals surface area contributed by atoms with Crippen LogP contribution in [0, 0.1) is 6.92 Å². The van der Waals surface area contributed by atoms with Gasteiger partial charge < -0.3 is 0 Å². The Bertz CT molecular complexity index is 952. The molecule has 6 nitrogen and oxygen atoms in total. The van der Waals surface area contributed by atoms with E-state index in [1.807, 2.05) is 25.1 Å². The first-order valence-corrected chi connectivity index (χ1v) is 10.3. The maximum Gasteiger partial charge on any atom is 0.264 e. The van der Waals surface area contributed by atoms with Gasteiger partial charge in [0.15, 0.2) is 0 Å². The highest BCUT2D eigenvalue weighted by Crippen LogP contribution is 2.27. The third-order valence-corrected chi connectivity index (χ3v) is 6.46. The van der Waals surface area contributed by atoms with Crippen molar-refractivity contribution < 1.29 is 18.0 Å². The number of carbonyl (C=O) groups excluding carboxylic acids is 2. The Kier molecular flexibility index (Phi) is 5.32. The lowest BCUT2D eigenvalue weighted by Crippen LogP contribution is -2.40. The van der Waals surface area contributed by atoms with E-state index >= 15 is 0 Å². The number of anilines is 2. The minimum atomic E-state index is -3.75. The van der Waals surface area contributed by atoms with Crippen molar-refractivity contribution in [2.24, 2.45) is 0 Å². The lowest BCUT2D eigenvalue weighted by Gasteiger charge is -2.26. The summed E-state index contributed by atoms with van der Waals surface area (Å²) in [5.41, 5.74) is 1.98. The van der Waals surface area contributed by atoms with E-state index in [-0.39, 0.29) is 23.3 Å². The maximum absolute atomic E-state index is 13.1. The van der Waals surface area contributed by atoms with Gasteiger partial charge in [-0.25, -0.2) is 8.42 Å². The molecule has 142 valence electrons. The van der Waals surface area contributed by atoms with Crippen LogP contribution in [0.5, 0.6) is 0 Å². The van der Waals surface area contributed by atoms with E-state index in [4.69, 9.17) is 0 Å². The standard InChI is InChI=1S/C20H22N2O4S/c1-3-21(17-7-4-6-15(2)14-17)27(25,26)18-12-10-16(11-13-18)22-19(23)8-5-9-20(22)24/h4,6-7,10-14H,3,5,8-9H2,1-2H3. The molecule has 0 radical (unpaired) electrons. The second kappa shape index (κ2) is 7.52. The Hall–Kier alpha value is -2.67. The fourth-order valence-electron chi connectivity index (χ4n) is 3.21. The van der Waals surface area contributed by atoms with E-state index in [9.17, 15) is 18.0 Å². The molecule has 1 fully saturated rings. The molecule has 0 bridgehead atoms. The predicted octanol–water partition coefficient (Wildman–Crippen LogP) is 3.25. The molecular weight excluding hydrogens is 364 g/mol. The monoisotopic (exact) mass is 386 g/mol. The van der Waals surface area contributed by atoms with Crippen molar-refractivity contribution in [3.63, 3.8) is 0 Å². The highest BCUT2D eigenvalue weighted by Gasteiger charge is 2.28. The first-order valence-electron chi connectivity index (χ1n) is 8.90. The number of nitrogens with zero attached hydrogens (tertiary/aromatic N) is 2. The van der Waals surface area contributed by atoms with Crippen LogP contribution in [0.3, 0.4) is 0 Å². The average molecular weight is 386 g/mol. The zero-order chi connectivity index (χ0) is 19.6. The van der Waals surface area contributed by atoms with E-state index in [0.717, 1.165) is 10.5 Å². The largest absolute Gasteiger partial charge is 0.274 e. The Morgan fingerprint density at radius 3 is 2.19 bits per heavy atom. The molecule has 0 N–H and O–H groups in total. The average Bonchev–Trinajstić information content (AvgIpc) is 2.62. The summed E-state index contributed by atoms with van der Waals surface area (Å²) in [6, 6.07) is 13.2. The number of amides is 2. The van der Waals surface area contributed by atoms with Gasteiger partial charge in [-0.15, -0.1) is 0 Å². The second-order valence-corrected chi connectivity index (χ2v) is 8.34. The molecule has 0 atom stereocenters. The summed E-state index contributed by atoms with van der Waals surface area (Å²) in [7, 11) is -3.75. The summed E-state index contributed by atoms with van der Waals surface area (Å²) >= 11 is 0. The lowest BCUT2D eigenvalue weighted by molar-refractivity contribution is -0.129. The number of benzene rings is 2. The third kappa shape index (κ3) is 3.73. The number of hydrogen-bond donors (Lipinski definition) is 0. The molecule has 7 heteroatoms. The van der Waals surface area contributed by atoms with Crippen LogP contribution in [-0.2, 0) is 19.6 Å². The van der Waals surface area contributed by atoms with Crippen LogP contribution in [0.15, 0.2) is 53.4 Å². The summed E-state index contributed by atoms with van der Waals surface area (Å²) in [5.74, 6) is -0.506. The first kappa shape index (κ1) is 19.1. The van der Waals surface area contributed by atoms with Crippen LogP contribution in [0.4, 0.5) is 11.4 Å². The third-order valence-electron chi connectivity index (χ3n) is 4.54. The Balaban J connectivity index is 1.93. The van der Waals surface area contributed by atoms with Crippen LogP contribution in [0.2, 0.25) is 0 Å². The van der Waals surface area contributed by atoms with Crippen molar-refractivity contribution in [3.8, 4) is 0 Å². The van der Waals surface area contributed by atoms with E-state index in [1.165, 1.54) is 28.6 Å². The molecule has 2 aromatic rings. The molecular formula is C20H22N2O4S. The molecule has 2 aromatic carbocycles. The fraction of sp³-hybridized carbons (Fsp3) is 0.300. The van der Waals surface area contributed by atoms with Gasteiger partial charge in [-0.2, -0.15) is 0 Å². The number of sulfonamides is 1. The molecule has 0 saturated carbocycles. The van der Waals surface area contributed by atoms with Gasteiger partial charge in [0.2, 0.25) is 11.8 Å². The fourth-order valence-corrected chi connectivity index (χ4v) is 4.68. The number of carbonyl (C=O) groups is 2. The Labute approximate surface area is 159 Å². The molecule has 0 unspecified atom stereocenters. The van der Waals surface area contributed by atoms with Crippen molar-refractivity contribution in [1.29, 1.82) is 0 Å². The molecule has 27 heavy (non-hydrogen) atoms. The molecule has 3 rings (SSSR count). The summed E-state index contributed by atoms with van der Waals surface area (Å²) in [6.07, 6.45) is 1.20. The topological polar surface area (TPSA) is 74.8 Å². The highest BCUT2D eigenvalue weighted by atomic mass is 32.2. The molecule has 2 amide bonds. The van der Waals surface area contributed by atoms with Crippen molar-refractivity contribution in [2.75, 3.05) is 15.7 Å². The number of piperidine rings is 1. The zero-order valence-corrected chi connectivity index (χ0v) is 16.2. The molecule has 1 heterocycles. The van der Waals surface area contributed by atoms with E-state index in [1.54, 1.807) is 13.0 Å². The molecule has 0 spiro atoms. The molecule has 1 aliphatic rings. The number of imide groups is 1. The van der Waals surface area contributed by atoms with Crippen LogP contribution in [0.25, 0.3) is 0 Å². The Morgan fingerprint density at radius 2 is 1.63 bits per heavy atom. The molecule has 1 aliphatic heterocycles. The molecule has 0 aromatic heterocycles. The lowest BCUT2D eigenvalue weighted by atomic mass is 10.1. The minimum absolute atomic E-state index is 0.117. The first-order chi connectivity index (χ1) is 12.8. The summed E-state index contributed by atoms with van der Waals surface area (Å²) in [6.45, 7) is 3.97. The van der Waals surface area contributed by atoms with Crippen molar-refractivity contribution in [1.82, 2.24) is 0 Å². The number of aryl methyl sites for hydroxylation is 1. The van der Waals surface area contributed by atoms with Crippen LogP contribution < -0.4 is 9.21 Å². The van der Waals surface area contributed by atoms with E-state index in [2.05, 4.69) is 0 Å². The highest BCUT2D eigenvalue weighted by molar-refractivity contribution is 7.92. The van der Waals surface area contributed by atoms with Crippen LogP contribution in [-0.4, -0.2) is 26.8 Å². The van der Waals surface area contributed by atoms with Crippen LogP contribution >= 0.6 is 0 Å². The normalized spacial score (nSPS) is 15.1. The van der Waals surface area contributed by atoms with Gasteiger partial charge in [0, 0.05) is 19.4 Å². The van der Waals surface area contributed by atoms with E-state index < -0.39 is 10.0 Å². The van der Waals surface area contributed by atoms with Gasteiger partial charge in [0.25, 0.3) is 10.0 Å². The van der Waals surface area contributed by atoms with Gasteiger partial charge >= 0.3 is 0 Å². The van der Waals surface area contributed by atoms with Crippen LogP contribution in [0.1, 0.15) is 31.7 Å². The van der Waals surface area contributed by atoms with Gasteiger partial charge in [0.05, 0.1) is 16.3 Å². The number of rotatable bonds is 5. The summed E-state index contributed by atoms with van der Waals surface area (Å²) in [5, 5.41) is 0. The van der Waals surface area contributed by atoms with Crippen molar-refractivity contribution in [3.05, 3.63) is 54.1 Å². The summed E-state index contributed by atoms with van der Waals surface area (Å²) < 4.78 is 27.5. The zero-order valence-electron chi connectivity index (χ0n) is 15.4. The van der Waals surface area contributed by atoms with Crippen molar-refractivity contribution in [2.45, 2.75) is 38.0 Å². The quantitative estimate of drug-likeness (QED) is 0.739. The Morgan fingerprint density at radius 1 is 1.00 bits per heavy atom. The summed E-state index contributed by atoms with van der Waals surface area (Å²) in [4.78, 5) is 25.3. The predicted molar refractivity (Wildman–Crippen MR) is 104 cm³/mol. The SMILES string of the molecule is CCN(c1cccc(C)c1)S(=O)(=O)c1ccc(N2C(=O)CCCC2=O)cc1. The smallest absolute Gasteiger partial charge is 0.264 e. The molecule has 0 aliphatic carbocycles. The minimum Gasteiger partial charge on any atom is -0.274 e. The number of hydrogen-bond acceptors (Lipinski definition) is 4. The van der Waals surface area contributed by atoms with Gasteiger partial charge in [-0.1, -0.05) is 12.1 Å². The van der Waals surface area contributed by atoms with Gasteiger partial charge in [0.1, 0.15) is 0 Å².